The fourth-order valence-corrected chi connectivity index (χ4v) is 5.26. The summed E-state index contributed by atoms with van der Waals surface area (Å²) in [6, 6.07) is 7.30. The molecule has 2 heterocycles. The van der Waals surface area contributed by atoms with Crippen molar-refractivity contribution in [3.05, 3.63) is 74.7 Å². The van der Waals surface area contributed by atoms with E-state index in [1.54, 1.807) is 26.8 Å². The minimum Gasteiger partial charge on any atom is -0.508 e. The van der Waals surface area contributed by atoms with Crippen molar-refractivity contribution in [3.8, 4) is 17.2 Å². The number of hydrogen-bond donors (Lipinski definition) is 5. The van der Waals surface area contributed by atoms with Gasteiger partial charge in [0.2, 0.25) is 6.29 Å². The monoisotopic (exact) mass is 611 g/mol. The average Bonchev–Trinajstić information content (AvgIpc) is 2.94. The summed E-state index contributed by atoms with van der Waals surface area (Å²) in [6.45, 7) is 8.18. The van der Waals surface area contributed by atoms with Gasteiger partial charge in [-0.15, -0.1) is 0 Å². The SMILES string of the molecule is CC(C)=CCc1cc(C(=O)Cc2c(O)c3ccc(OC4OC(C)(C)C(CO)C(OC(N)=O)C4O)c(C)c3oc2=O)ccc1O. The van der Waals surface area contributed by atoms with Gasteiger partial charge in [-0.05, 0) is 76.9 Å². The number of ether oxygens (including phenoxy) is 3. The van der Waals surface area contributed by atoms with E-state index < -0.39 is 66.3 Å². The van der Waals surface area contributed by atoms with Crippen LogP contribution in [-0.2, 0) is 22.3 Å². The molecular weight excluding hydrogens is 574 g/mol. The molecule has 12 heteroatoms. The number of phenols is 1. The first kappa shape index (κ1) is 32.5. The highest BCUT2D eigenvalue weighted by Crippen LogP contribution is 2.39. The Hall–Kier alpha value is -4.39. The van der Waals surface area contributed by atoms with E-state index in [0.29, 0.717) is 12.0 Å². The number of hydrogen-bond acceptors (Lipinski definition) is 11. The lowest BCUT2D eigenvalue weighted by molar-refractivity contribution is -0.290. The van der Waals surface area contributed by atoms with Gasteiger partial charge >= 0.3 is 11.7 Å². The highest BCUT2D eigenvalue weighted by molar-refractivity contribution is 5.99. The zero-order valence-corrected chi connectivity index (χ0v) is 25.1. The molecule has 0 saturated carbocycles. The van der Waals surface area contributed by atoms with E-state index in [4.69, 9.17) is 24.4 Å². The highest BCUT2D eigenvalue weighted by Gasteiger charge is 2.52. The van der Waals surface area contributed by atoms with Gasteiger partial charge < -0.3 is 44.8 Å². The molecule has 12 nitrogen and oxygen atoms in total. The second kappa shape index (κ2) is 12.7. The molecule has 1 fully saturated rings. The number of phenolic OH excluding ortho intramolecular Hbond substituents is 1. The van der Waals surface area contributed by atoms with Gasteiger partial charge in [0.25, 0.3) is 0 Å². The van der Waals surface area contributed by atoms with E-state index in [0.717, 1.165) is 5.57 Å². The number of aromatic hydroxyl groups is 2. The van der Waals surface area contributed by atoms with Crippen LogP contribution in [0.5, 0.6) is 17.2 Å². The summed E-state index contributed by atoms with van der Waals surface area (Å²) in [4.78, 5) is 37.6. The van der Waals surface area contributed by atoms with Crippen LogP contribution >= 0.6 is 0 Å². The number of Topliss-reactive ketones (excluding diaryl/α,β-unsaturated/α-hetero) is 1. The van der Waals surface area contributed by atoms with Crippen LogP contribution in [0, 0.1) is 12.8 Å². The first-order chi connectivity index (χ1) is 20.6. The van der Waals surface area contributed by atoms with Crippen LogP contribution in [0.1, 0.15) is 54.7 Å². The summed E-state index contributed by atoms with van der Waals surface area (Å²) in [5.74, 6) is -1.54. The Morgan fingerprint density at radius 3 is 2.48 bits per heavy atom. The number of fused-ring (bicyclic) bond motifs is 1. The molecule has 0 bridgehead atoms. The lowest BCUT2D eigenvalue weighted by atomic mass is 9.81. The number of ketones is 1. The maximum absolute atomic E-state index is 13.1. The fourth-order valence-electron chi connectivity index (χ4n) is 5.26. The van der Waals surface area contributed by atoms with Gasteiger partial charge in [0.1, 0.15) is 28.9 Å². The third-order valence-electron chi connectivity index (χ3n) is 7.82. The minimum atomic E-state index is -1.54. The largest absolute Gasteiger partial charge is 0.508 e. The third-order valence-corrected chi connectivity index (χ3v) is 7.82. The molecule has 4 atom stereocenters. The van der Waals surface area contributed by atoms with Crippen LogP contribution in [0.2, 0.25) is 0 Å². The molecule has 0 radical (unpaired) electrons. The molecule has 4 rings (SSSR count). The van der Waals surface area contributed by atoms with Gasteiger partial charge in [0.15, 0.2) is 11.9 Å². The number of carbonyl (C=O) groups is 2. The predicted molar refractivity (Wildman–Crippen MR) is 159 cm³/mol. The number of aryl methyl sites for hydroxylation is 1. The van der Waals surface area contributed by atoms with Gasteiger partial charge in [-0.2, -0.15) is 0 Å². The second-order valence-corrected chi connectivity index (χ2v) is 11.6. The normalized spacial score (nSPS) is 21.1. The number of benzene rings is 2. The molecule has 3 aromatic rings. The van der Waals surface area contributed by atoms with Crippen molar-refractivity contribution in [2.75, 3.05) is 6.61 Å². The van der Waals surface area contributed by atoms with Gasteiger partial charge in [-0.3, -0.25) is 4.79 Å². The van der Waals surface area contributed by atoms with E-state index in [1.807, 2.05) is 19.9 Å². The Kier molecular flexibility index (Phi) is 9.38. The van der Waals surface area contributed by atoms with E-state index in [1.165, 1.54) is 24.3 Å². The summed E-state index contributed by atoms with van der Waals surface area (Å²) in [5, 5.41) is 42.1. The Morgan fingerprint density at radius 1 is 1.14 bits per heavy atom. The molecular formula is C32H37NO11. The molecule has 2 aromatic carbocycles. The summed E-state index contributed by atoms with van der Waals surface area (Å²) in [5.41, 5.74) is 5.02. The predicted octanol–water partition coefficient (Wildman–Crippen LogP) is 3.39. The molecule has 1 amide bonds. The molecule has 0 aliphatic carbocycles. The fraction of sp³-hybridized carbons (Fsp3) is 0.406. The van der Waals surface area contributed by atoms with Crippen LogP contribution in [-0.4, -0.2) is 63.0 Å². The van der Waals surface area contributed by atoms with Gasteiger partial charge in [0.05, 0.1) is 29.1 Å². The minimum absolute atomic E-state index is 0.0161. The number of aliphatic hydroxyl groups is 2. The number of rotatable bonds is 9. The maximum Gasteiger partial charge on any atom is 0.404 e. The van der Waals surface area contributed by atoms with Crippen molar-refractivity contribution in [2.45, 2.75) is 71.6 Å². The Labute approximate surface area is 253 Å². The first-order valence-corrected chi connectivity index (χ1v) is 14.0. The van der Waals surface area contributed by atoms with E-state index in [2.05, 4.69) is 0 Å². The van der Waals surface area contributed by atoms with Gasteiger partial charge in [0, 0.05) is 17.5 Å². The highest BCUT2D eigenvalue weighted by atomic mass is 16.7. The quantitative estimate of drug-likeness (QED) is 0.135. The number of aliphatic hydroxyl groups excluding tert-OH is 2. The zero-order valence-electron chi connectivity index (χ0n) is 25.1. The molecule has 1 aliphatic heterocycles. The van der Waals surface area contributed by atoms with Crippen molar-refractivity contribution in [1.82, 2.24) is 0 Å². The number of carbonyl (C=O) groups excluding carboxylic acids is 2. The molecule has 1 aliphatic rings. The van der Waals surface area contributed by atoms with Crippen LogP contribution in [0.4, 0.5) is 4.79 Å². The Bertz CT molecular complexity index is 1670. The average molecular weight is 612 g/mol. The topological polar surface area (TPSA) is 199 Å². The van der Waals surface area contributed by atoms with Crippen molar-refractivity contribution in [2.24, 2.45) is 11.7 Å². The van der Waals surface area contributed by atoms with Crippen molar-refractivity contribution in [1.29, 1.82) is 0 Å². The van der Waals surface area contributed by atoms with Crippen LogP contribution in [0.15, 0.2) is 51.2 Å². The number of primary amides is 1. The van der Waals surface area contributed by atoms with Crippen molar-refractivity contribution >= 4 is 22.8 Å². The van der Waals surface area contributed by atoms with Crippen LogP contribution in [0.3, 0.4) is 0 Å². The molecule has 0 spiro atoms. The lowest BCUT2D eigenvalue weighted by Gasteiger charge is -2.47. The van der Waals surface area contributed by atoms with Crippen molar-refractivity contribution in [3.63, 3.8) is 0 Å². The van der Waals surface area contributed by atoms with Crippen LogP contribution < -0.4 is 16.1 Å². The molecule has 1 saturated heterocycles. The molecule has 6 N–H and O–H groups in total. The number of allylic oxidation sites excluding steroid dienone is 2. The lowest BCUT2D eigenvalue weighted by Crippen LogP contribution is -2.62. The number of amides is 1. The van der Waals surface area contributed by atoms with Gasteiger partial charge in [-0.25, -0.2) is 9.59 Å². The molecule has 236 valence electrons. The molecule has 1 aromatic heterocycles. The number of nitrogens with two attached hydrogens (primary N) is 1. The standard InChI is InChI=1S/C32H37NO11/c1-15(2)6-7-17-12-18(8-10-22(17)35)23(36)13-20-25(37)19-9-11-24(16(3)27(19)42-29(20)39)41-30-26(38)28(43-31(33)40)21(14-34)32(4,5)44-30/h6,8-12,21,26,28,30,34-35,37-38H,7,13-14H2,1-5H3,(H2,33,40). The maximum atomic E-state index is 13.1. The van der Waals surface area contributed by atoms with E-state index >= 15 is 0 Å². The van der Waals surface area contributed by atoms with Gasteiger partial charge in [-0.1, -0.05) is 11.6 Å². The third kappa shape index (κ3) is 6.57. The Balaban J connectivity index is 1.63. The summed E-state index contributed by atoms with van der Waals surface area (Å²) in [7, 11) is 0. The van der Waals surface area contributed by atoms with E-state index in [9.17, 15) is 34.8 Å². The summed E-state index contributed by atoms with van der Waals surface area (Å²) in [6.07, 6.45) is -3.43. The summed E-state index contributed by atoms with van der Waals surface area (Å²) >= 11 is 0. The van der Waals surface area contributed by atoms with Crippen LogP contribution in [0.25, 0.3) is 11.0 Å². The molecule has 4 unspecified atom stereocenters. The Morgan fingerprint density at radius 2 is 1.84 bits per heavy atom. The zero-order chi connectivity index (χ0) is 32.5. The summed E-state index contributed by atoms with van der Waals surface area (Å²) < 4.78 is 22.5. The smallest absolute Gasteiger partial charge is 0.404 e. The molecule has 44 heavy (non-hydrogen) atoms. The second-order valence-electron chi connectivity index (χ2n) is 11.6. The van der Waals surface area contributed by atoms with Crippen molar-refractivity contribution < 1.29 is 48.6 Å². The van der Waals surface area contributed by atoms with E-state index in [-0.39, 0.29) is 39.2 Å². The first-order valence-electron chi connectivity index (χ1n) is 14.0.